The fourth-order valence-corrected chi connectivity index (χ4v) is 2.40. The van der Waals surface area contributed by atoms with Crippen molar-refractivity contribution in [1.82, 2.24) is 0 Å². The molecule has 2 rings (SSSR count). The summed E-state index contributed by atoms with van der Waals surface area (Å²) in [5, 5.41) is 0. The fourth-order valence-electron chi connectivity index (χ4n) is 2.40. The van der Waals surface area contributed by atoms with Crippen LogP contribution in [0.15, 0.2) is 11.6 Å². The lowest BCUT2D eigenvalue weighted by Crippen LogP contribution is -1.93. The van der Waals surface area contributed by atoms with E-state index in [2.05, 4.69) is 0 Å². The molecule has 0 aromatic carbocycles. The van der Waals surface area contributed by atoms with Crippen LogP contribution in [-0.4, -0.2) is 5.78 Å². The Morgan fingerprint density at radius 3 is 2.58 bits per heavy atom. The zero-order valence-electron chi connectivity index (χ0n) is 7.51. The zero-order valence-corrected chi connectivity index (χ0v) is 7.51. The lowest BCUT2D eigenvalue weighted by Gasteiger charge is -2.08. The maximum absolute atomic E-state index is 11.0. The maximum atomic E-state index is 11.0. The SMILES string of the molecule is O=C1C=C(CC2CCCC2)CC1. The van der Waals surface area contributed by atoms with E-state index in [1.165, 1.54) is 37.7 Å². The van der Waals surface area contributed by atoms with Gasteiger partial charge in [0, 0.05) is 6.42 Å². The van der Waals surface area contributed by atoms with Crippen LogP contribution in [0.25, 0.3) is 0 Å². The predicted octanol–water partition coefficient (Wildman–Crippen LogP) is 2.86. The van der Waals surface area contributed by atoms with E-state index >= 15 is 0 Å². The third-order valence-electron chi connectivity index (χ3n) is 3.08. The number of rotatable bonds is 2. The van der Waals surface area contributed by atoms with Gasteiger partial charge >= 0.3 is 0 Å². The molecule has 1 saturated carbocycles. The van der Waals surface area contributed by atoms with Crippen LogP contribution < -0.4 is 0 Å². The molecule has 2 aliphatic rings. The summed E-state index contributed by atoms with van der Waals surface area (Å²) in [6.07, 6.45) is 10.5. The Labute approximate surface area is 73.8 Å². The molecule has 0 saturated heterocycles. The van der Waals surface area contributed by atoms with Crippen LogP contribution in [-0.2, 0) is 4.79 Å². The Bertz CT molecular complexity index is 209. The summed E-state index contributed by atoms with van der Waals surface area (Å²) in [5.74, 6) is 1.25. The molecular formula is C11H16O. The highest BCUT2D eigenvalue weighted by Crippen LogP contribution is 2.32. The molecule has 0 bridgehead atoms. The van der Waals surface area contributed by atoms with Crippen molar-refractivity contribution in [2.45, 2.75) is 44.9 Å². The number of carbonyl (C=O) groups excluding carboxylic acids is 1. The molecule has 0 N–H and O–H groups in total. The molecule has 0 atom stereocenters. The van der Waals surface area contributed by atoms with E-state index in [1.54, 1.807) is 0 Å². The van der Waals surface area contributed by atoms with Gasteiger partial charge in [-0.1, -0.05) is 31.3 Å². The highest BCUT2D eigenvalue weighted by molar-refractivity contribution is 5.92. The van der Waals surface area contributed by atoms with Crippen molar-refractivity contribution in [2.24, 2.45) is 5.92 Å². The van der Waals surface area contributed by atoms with Gasteiger partial charge in [0.05, 0.1) is 0 Å². The van der Waals surface area contributed by atoms with Gasteiger partial charge < -0.3 is 0 Å². The number of carbonyl (C=O) groups is 1. The van der Waals surface area contributed by atoms with Gasteiger partial charge in [-0.3, -0.25) is 4.79 Å². The van der Waals surface area contributed by atoms with Crippen molar-refractivity contribution in [2.75, 3.05) is 0 Å². The zero-order chi connectivity index (χ0) is 8.39. The standard InChI is InChI=1S/C11H16O/c12-11-6-5-10(8-11)7-9-3-1-2-4-9/h8-9H,1-7H2. The molecule has 0 amide bonds. The van der Waals surface area contributed by atoms with Crippen molar-refractivity contribution >= 4 is 5.78 Å². The number of hydrogen-bond donors (Lipinski definition) is 0. The van der Waals surface area contributed by atoms with E-state index in [0.717, 1.165) is 18.8 Å². The first-order chi connectivity index (χ1) is 5.84. The lowest BCUT2D eigenvalue weighted by atomic mass is 9.98. The normalized spacial score (nSPS) is 25.0. The second-order valence-electron chi connectivity index (χ2n) is 4.12. The van der Waals surface area contributed by atoms with Gasteiger partial charge in [0.25, 0.3) is 0 Å². The van der Waals surface area contributed by atoms with E-state index in [4.69, 9.17) is 0 Å². The topological polar surface area (TPSA) is 17.1 Å². The summed E-state index contributed by atoms with van der Waals surface area (Å²) in [7, 11) is 0. The van der Waals surface area contributed by atoms with Gasteiger partial charge in [-0.15, -0.1) is 0 Å². The summed E-state index contributed by atoms with van der Waals surface area (Å²) in [4.78, 5) is 11.0. The molecule has 66 valence electrons. The molecule has 0 aromatic heterocycles. The first-order valence-corrected chi connectivity index (χ1v) is 5.07. The van der Waals surface area contributed by atoms with Crippen LogP contribution in [0.2, 0.25) is 0 Å². The second-order valence-corrected chi connectivity index (χ2v) is 4.12. The average Bonchev–Trinajstić information content (AvgIpc) is 2.63. The van der Waals surface area contributed by atoms with E-state index in [1.807, 2.05) is 6.08 Å². The minimum atomic E-state index is 0.350. The smallest absolute Gasteiger partial charge is 0.155 e. The fraction of sp³-hybridized carbons (Fsp3) is 0.727. The highest BCUT2D eigenvalue weighted by atomic mass is 16.1. The van der Waals surface area contributed by atoms with Crippen molar-refractivity contribution in [3.05, 3.63) is 11.6 Å². The molecule has 12 heavy (non-hydrogen) atoms. The Kier molecular flexibility index (Phi) is 2.29. The Morgan fingerprint density at radius 1 is 1.25 bits per heavy atom. The first kappa shape index (κ1) is 8.03. The van der Waals surface area contributed by atoms with Crippen molar-refractivity contribution < 1.29 is 4.79 Å². The summed E-state index contributed by atoms with van der Waals surface area (Å²) in [6, 6.07) is 0. The molecule has 0 unspecified atom stereocenters. The van der Waals surface area contributed by atoms with E-state index in [9.17, 15) is 4.79 Å². The molecule has 0 heterocycles. The first-order valence-electron chi connectivity index (χ1n) is 5.07. The molecule has 1 heteroatoms. The van der Waals surface area contributed by atoms with Crippen molar-refractivity contribution in [3.63, 3.8) is 0 Å². The molecule has 1 nitrogen and oxygen atoms in total. The van der Waals surface area contributed by atoms with Crippen LogP contribution >= 0.6 is 0 Å². The molecule has 2 aliphatic carbocycles. The van der Waals surface area contributed by atoms with Gasteiger partial charge in [0.1, 0.15) is 0 Å². The van der Waals surface area contributed by atoms with Gasteiger partial charge in [0.2, 0.25) is 0 Å². The summed E-state index contributed by atoms with van der Waals surface area (Å²) < 4.78 is 0. The number of hydrogen-bond acceptors (Lipinski definition) is 1. The molecule has 0 aliphatic heterocycles. The summed E-state index contributed by atoms with van der Waals surface area (Å²) in [6.45, 7) is 0. The third-order valence-corrected chi connectivity index (χ3v) is 3.08. The average molecular weight is 164 g/mol. The summed E-state index contributed by atoms with van der Waals surface area (Å²) >= 11 is 0. The van der Waals surface area contributed by atoms with Crippen LogP contribution in [0.3, 0.4) is 0 Å². The number of ketones is 1. The second kappa shape index (κ2) is 3.42. The Balaban J connectivity index is 1.86. The van der Waals surface area contributed by atoms with Gasteiger partial charge in [-0.05, 0) is 24.8 Å². The highest BCUT2D eigenvalue weighted by Gasteiger charge is 2.19. The quantitative estimate of drug-likeness (QED) is 0.613. The molecule has 0 spiro atoms. The Hall–Kier alpha value is -0.590. The third kappa shape index (κ3) is 1.77. The van der Waals surface area contributed by atoms with Gasteiger partial charge in [0.15, 0.2) is 5.78 Å². The minimum Gasteiger partial charge on any atom is -0.295 e. The lowest BCUT2D eigenvalue weighted by molar-refractivity contribution is -0.114. The monoisotopic (exact) mass is 164 g/mol. The summed E-state index contributed by atoms with van der Waals surface area (Å²) in [5.41, 5.74) is 1.42. The van der Waals surface area contributed by atoms with Crippen LogP contribution in [0.5, 0.6) is 0 Å². The minimum absolute atomic E-state index is 0.350. The predicted molar refractivity (Wildman–Crippen MR) is 48.9 cm³/mol. The molecule has 0 radical (unpaired) electrons. The van der Waals surface area contributed by atoms with E-state index in [-0.39, 0.29) is 0 Å². The molecule has 0 aromatic rings. The largest absolute Gasteiger partial charge is 0.295 e. The van der Waals surface area contributed by atoms with E-state index < -0.39 is 0 Å². The molecular weight excluding hydrogens is 148 g/mol. The van der Waals surface area contributed by atoms with Crippen molar-refractivity contribution in [3.8, 4) is 0 Å². The Morgan fingerprint density at radius 2 is 2.00 bits per heavy atom. The van der Waals surface area contributed by atoms with Gasteiger partial charge in [-0.2, -0.15) is 0 Å². The van der Waals surface area contributed by atoms with E-state index in [0.29, 0.717) is 5.78 Å². The van der Waals surface area contributed by atoms with Gasteiger partial charge in [-0.25, -0.2) is 0 Å². The number of allylic oxidation sites excluding steroid dienone is 2. The van der Waals surface area contributed by atoms with Crippen LogP contribution in [0.1, 0.15) is 44.9 Å². The van der Waals surface area contributed by atoms with Crippen LogP contribution in [0.4, 0.5) is 0 Å². The maximum Gasteiger partial charge on any atom is 0.155 e. The van der Waals surface area contributed by atoms with Crippen LogP contribution in [0, 0.1) is 5.92 Å². The van der Waals surface area contributed by atoms with Crippen molar-refractivity contribution in [1.29, 1.82) is 0 Å². The molecule has 1 fully saturated rings.